The number of rotatable bonds is 2. The largest absolute Gasteiger partial charge is 0.347 e. The molecule has 3 saturated carbocycles. The topological polar surface area (TPSA) is 28.7 Å². The average Bonchev–Trinajstić information content (AvgIpc) is 3.15. The normalized spacial score (nSPS) is 34.2. The van der Waals surface area contributed by atoms with Gasteiger partial charge in [-0.1, -0.05) is 31.5 Å². The predicted molar refractivity (Wildman–Crippen MR) is 78.8 cm³/mol. The van der Waals surface area contributed by atoms with Gasteiger partial charge in [0.25, 0.3) is 0 Å². The average molecular weight is 274 g/mol. The van der Waals surface area contributed by atoms with Crippen LogP contribution in [0.15, 0.2) is 6.07 Å². The highest BCUT2D eigenvalue weighted by atomic mass is 32.1. The lowest BCUT2D eigenvalue weighted by molar-refractivity contribution is 0.403. The van der Waals surface area contributed by atoms with Gasteiger partial charge in [-0.25, -0.2) is 4.98 Å². The first-order chi connectivity index (χ1) is 9.29. The minimum Gasteiger partial charge on any atom is -0.347 e. The number of H-pyrrole nitrogens is 1. The summed E-state index contributed by atoms with van der Waals surface area (Å²) in [5.41, 5.74) is 1.37. The summed E-state index contributed by atoms with van der Waals surface area (Å²) in [5, 5.41) is 0. The lowest BCUT2D eigenvalue weighted by atomic mass is 9.88. The summed E-state index contributed by atoms with van der Waals surface area (Å²) in [7, 11) is 0. The first-order valence-corrected chi connectivity index (χ1v) is 8.31. The van der Waals surface area contributed by atoms with E-state index in [-0.39, 0.29) is 0 Å². The molecule has 0 spiro atoms. The Hall–Kier alpha value is -0.700. The standard InChI is InChI=1S/C16H22N2S/c19-15-9-14(11-3-1-2-4-11)17-16(18-15)13-8-10-5-6-12(13)7-10/h9-13H,1-8H2,(H,17,18,19). The van der Waals surface area contributed by atoms with E-state index in [1.54, 1.807) is 0 Å². The molecule has 3 aliphatic rings. The van der Waals surface area contributed by atoms with Crippen molar-refractivity contribution in [2.45, 2.75) is 63.2 Å². The Kier molecular flexibility index (Phi) is 2.98. The van der Waals surface area contributed by atoms with Crippen molar-refractivity contribution in [3.05, 3.63) is 22.2 Å². The molecule has 0 radical (unpaired) electrons. The number of nitrogens with one attached hydrogen (secondary N) is 1. The van der Waals surface area contributed by atoms with Gasteiger partial charge in [-0.15, -0.1) is 0 Å². The molecule has 19 heavy (non-hydrogen) atoms. The van der Waals surface area contributed by atoms with E-state index < -0.39 is 0 Å². The lowest BCUT2D eigenvalue weighted by Crippen LogP contribution is -2.14. The monoisotopic (exact) mass is 274 g/mol. The third kappa shape index (κ3) is 2.16. The van der Waals surface area contributed by atoms with E-state index in [4.69, 9.17) is 12.2 Å². The highest BCUT2D eigenvalue weighted by Crippen LogP contribution is 2.52. The fourth-order valence-electron chi connectivity index (χ4n) is 4.71. The molecule has 4 rings (SSSR count). The van der Waals surface area contributed by atoms with Crippen LogP contribution < -0.4 is 0 Å². The molecule has 3 fully saturated rings. The van der Waals surface area contributed by atoms with Crippen molar-refractivity contribution in [1.29, 1.82) is 0 Å². The summed E-state index contributed by atoms with van der Waals surface area (Å²) in [6.07, 6.45) is 11.0. The molecule has 2 bridgehead atoms. The van der Waals surface area contributed by atoms with Crippen molar-refractivity contribution in [3.8, 4) is 0 Å². The summed E-state index contributed by atoms with van der Waals surface area (Å²) in [6, 6.07) is 2.11. The van der Waals surface area contributed by atoms with Crippen molar-refractivity contribution < 1.29 is 0 Å². The van der Waals surface area contributed by atoms with Gasteiger partial charge in [0.2, 0.25) is 0 Å². The third-order valence-corrected chi connectivity index (χ3v) is 5.88. The fourth-order valence-corrected chi connectivity index (χ4v) is 4.93. The molecule has 2 nitrogen and oxygen atoms in total. The van der Waals surface area contributed by atoms with E-state index in [0.717, 1.165) is 16.5 Å². The highest BCUT2D eigenvalue weighted by molar-refractivity contribution is 7.71. The summed E-state index contributed by atoms with van der Waals surface area (Å²) in [5.74, 6) is 4.43. The van der Waals surface area contributed by atoms with E-state index in [1.807, 2.05) is 0 Å². The van der Waals surface area contributed by atoms with E-state index in [1.165, 1.54) is 62.9 Å². The molecule has 102 valence electrons. The van der Waals surface area contributed by atoms with Gasteiger partial charge >= 0.3 is 0 Å². The molecule has 3 atom stereocenters. The van der Waals surface area contributed by atoms with Crippen molar-refractivity contribution in [2.75, 3.05) is 0 Å². The Morgan fingerprint density at radius 3 is 2.63 bits per heavy atom. The van der Waals surface area contributed by atoms with Crippen molar-refractivity contribution in [1.82, 2.24) is 9.97 Å². The van der Waals surface area contributed by atoms with Crippen LogP contribution >= 0.6 is 12.2 Å². The molecule has 0 aromatic carbocycles. The van der Waals surface area contributed by atoms with E-state index in [0.29, 0.717) is 11.8 Å². The van der Waals surface area contributed by atoms with Crippen molar-refractivity contribution in [3.63, 3.8) is 0 Å². The number of hydrogen-bond acceptors (Lipinski definition) is 2. The molecule has 0 amide bonds. The number of hydrogen-bond donors (Lipinski definition) is 1. The van der Waals surface area contributed by atoms with Gasteiger partial charge in [0.05, 0.1) is 0 Å². The lowest BCUT2D eigenvalue weighted by Gasteiger charge is -2.22. The number of aromatic nitrogens is 2. The Bertz CT molecular complexity index is 530. The quantitative estimate of drug-likeness (QED) is 0.792. The Morgan fingerprint density at radius 2 is 1.95 bits per heavy atom. The molecule has 0 aliphatic heterocycles. The van der Waals surface area contributed by atoms with Crippen LogP contribution in [0.5, 0.6) is 0 Å². The second kappa shape index (κ2) is 4.69. The van der Waals surface area contributed by atoms with Gasteiger partial charge < -0.3 is 4.98 Å². The molecule has 3 heteroatoms. The Balaban J connectivity index is 1.66. The first-order valence-electron chi connectivity index (χ1n) is 7.91. The Labute approximate surface area is 120 Å². The van der Waals surface area contributed by atoms with Crippen LogP contribution in [0, 0.1) is 16.5 Å². The second-order valence-electron chi connectivity index (χ2n) is 6.82. The van der Waals surface area contributed by atoms with E-state index in [9.17, 15) is 0 Å². The van der Waals surface area contributed by atoms with Crippen LogP contribution in [0.25, 0.3) is 0 Å². The first kappa shape index (κ1) is 12.1. The summed E-state index contributed by atoms with van der Waals surface area (Å²) in [4.78, 5) is 8.34. The molecule has 0 saturated heterocycles. The van der Waals surface area contributed by atoms with Crippen LogP contribution in [-0.2, 0) is 0 Å². The summed E-state index contributed by atoms with van der Waals surface area (Å²) in [6.45, 7) is 0. The zero-order chi connectivity index (χ0) is 12.8. The smallest absolute Gasteiger partial charge is 0.130 e. The van der Waals surface area contributed by atoms with Gasteiger partial charge in [-0.2, -0.15) is 0 Å². The highest BCUT2D eigenvalue weighted by Gasteiger charge is 2.41. The third-order valence-electron chi connectivity index (χ3n) is 5.67. The maximum Gasteiger partial charge on any atom is 0.130 e. The summed E-state index contributed by atoms with van der Waals surface area (Å²) >= 11 is 5.41. The molecule has 1 N–H and O–H groups in total. The predicted octanol–water partition coefficient (Wildman–Crippen LogP) is 4.70. The van der Waals surface area contributed by atoms with Gasteiger partial charge in [0.15, 0.2) is 0 Å². The van der Waals surface area contributed by atoms with Crippen LogP contribution in [0.3, 0.4) is 0 Å². The SMILES string of the molecule is S=c1cc(C2CCCC2)[nH]c(C2CC3CCC2C3)n1. The molecule has 1 aromatic rings. The van der Waals surface area contributed by atoms with Gasteiger partial charge in [0, 0.05) is 11.6 Å². The van der Waals surface area contributed by atoms with E-state index >= 15 is 0 Å². The molecule has 3 unspecified atom stereocenters. The molecule has 3 aliphatic carbocycles. The molecular weight excluding hydrogens is 252 g/mol. The number of aromatic amines is 1. The van der Waals surface area contributed by atoms with Gasteiger partial charge in [-0.3, -0.25) is 0 Å². The van der Waals surface area contributed by atoms with Crippen LogP contribution in [-0.4, -0.2) is 9.97 Å². The minimum atomic E-state index is 0.668. The molecular formula is C16H22N2S. The van der Waals surface area contributed by atoms with E-state index in [2.05, 4.69) is 16.0 Å². The zero-order valence-corrected chi connectivity index (χ0v) is 12.2. The number of fused-ring (bicyclic) bond motifs is 2. The molecule has 1 heterocycles. The fraction of sp³-hybridized carbons (Fsp3) is 0.750. The Morgan fingerprint density at radius 1 is 1.11 bits per heavy atom. The van der Waals surface area contributed by atoms with Gasteiger partial charge in [0.1, 0.15) is 10.5 Å². The van der Waals surface area contributed by atoms with Gasteiger partial charge in [-0.05, 0) is 55.9 Å². The van der Waals surface area contributed by atoms with Crippen molar-refractivity contribution in [2.24, 2.45) is 11.8 Å². The summed E-state index contributed by atoms with van der Waals surface area (Å²) < 4.78 is 0.804. The number of nitrogens with zero attached hydrogens (tertiary/aromatic N) is 1. The zero-order valence-electron chi connectivity index (χ0n) is 11.4. The maximum absolute atomic E-state index is 5.41. The maximum atomic E-state index is 5.41. The van der Waals surface area contributed by atoms with Crippen LogP contribution in [0.1, 0.15) is 74.7 Å². The van der Waals surface area contributed by atoms with Crippen LogP contribution in [0.2, 0.25) is 0 Å². The minimum absolute atomic E-state index is 0.668. The van der Waals surface area contributed by atoms with Crippen LogP contribution in [0.4, 0.5) is 0 Å². The molecule has 1 aromatic heterocycles. The second-order valence-corrected chi connectivity index (χ2v) is 7.24. The van der Waals surface area contributed by atoms with Crippen molar-refractivity contribution >= 4 is 12.2 Å².